The number of anilines is 1. The fraction of sp³-hybridized carbons (Fsp3) is 0.600. The van der Waals surface area contributed by atoms with Gasteiger partial charge < -0.3 is 10.6 Å². The van der Waals surface area contributed by atoms with Gasteiger partial charge in [0.1, 0.15) is 0 Å². The molecule has 0 saturated carbocycles. The summed E-state index contributed by atoms with van der Waals surface area (Å²) in [5.74, 6) is 0. The third kappa shape index (κ3) is 3.47. The zero-order chi connectivity index (χ0) is 13.0. The van der Waals surface area contributed by atoms with Gasteiger partial charge in [-0.1, -0.05) is 19.1 Å². The van der Waals surface area contributed by atoms with Gasteiger partial charge in [-0.15, -0.1) is 0 Å². The Kier molecular flexibility index (Phi) is 4.61. The summed E-state index contributed by atoms with van der Waals surface area (Å²) < 4.78 is 0. The zero-order valence-electron chi connectivity index (χ0n) is 11.6. The largest absolute Gasteiger partial charge is 0.399 e. The molecule has 1 fully saturated rings. The molecule has 1 saturated heterocycles. The Hall–Kier alpha value is -1.06. The second-order valence-electron chi connectivity index (χ2n) is 5.27. The molecule has 1 unspecified atom stereocenters. The van der Waals surface area contributed by atoms with Crippen molar-refractivity contribution in [1.29, 1.82) is 0 Å². The molecule has 2 rings (SSSR count). The van der Waals surface area contributed by atoms with Crippen molar-refractivity contribution in [2.45, 2.75) is 26.3 Å². The summed E-state index contributed by atoms with van der Waals surface area (Å²) in [5, 5.41) is 0. The van der Waals surface area contributed by atoms with Crippen molar-refractivity contribution >= 4 is 5.69 Å². The van der Waals surface area contributed by atoms with Crippen molar-refractivity contribution in [2.24, 2.45) is 0 Å². The van der Waals surface area contributed by atoms with E-state index in [2.05, 4.69) is 35.8 Å². The van der Waals surface area contributed by atoms with E-state index in [9.17, 15) is 0 Å². The highest BCUT2D eigenvalue weighted by atomic mass is 15.3. The highest BCUT2D eigenvalue weighted by molar-refractivity contribution is 5.39. The fourth-order valence-electron chi connectivity index (χ4n) is 2.72. The smallest absolute Gasteiger partial charge is 0.0314 e. The summed E-state index contributed by atoms with van der Waals surface area (Å²) >= 11 is 0. The van der Waals surface area contributed by atoms with E-state index >= 15 is 0 Å². The number of hydrogen-bond acceptors (Lipinski definition) is 3. The predicted octanol–water partition coefficient (Wildman–Crippen LogP) is 1.84. The first kappa shape index (κ1) is 13.4. The summed E-state index contributed by atoms with van der Waals surface area (Å²) in [5.41, 5.74) is 7.93. The van der Waals surface area contributed by atoms with E-state index in [1.807, 2.05) is 12.1 Å². The van der Waals surface area contributed by atoms with Gasteiger partial charge in [-0.2, -0.15) is 0 Å². The van der Waals surface area contributed by atoms with E-state index in [-0.39, 0.29) is 0 Å². The number of hydrogen-bond donors (Lipinski definition) is 1. The van der Waals surface area contributed by atoms with Crippen LogP contribution in [-0.2, 0) is 6.42 Å². The van der Waals surface area contributed by atoms with Gasteiger partial charge in [0.15, 0.2) is 0 Å². The standard InChI is InChI=1S/C15H25N3/c1-3-18-11-10-17(12-13(18)2)9-8-14-4-6-15(16)7-5-14/h4-7,13H,3,8-12,16H2,1-2H3. The van der Waals surface area contributed by atoms with Gasteiger partial charge in [-0.3, -0.25) is 4.90 Å². The van der Waals surface area contributed by atoms with Crippen LogP contribution in [0.3, 0.4) is 0 Å². The second-order valence-corrected chi connectivity index (χ2v) is 5.27. The van der Waals surface area contributed by atoms with E-state index < -0.39 is 0 Å². The van der Waals surface area contributed by atoms with Crippen LogP contribution >= 0.6 is 0 Å². The molecule has 0 aliphatic carbocycles. The lowest BCUT2D eigenvalue weighted by atomic mass is 10.1. The van der Waals surface area contributed by atoms with Crippen LogP contribution in [0.1, 0.15) is 19.4 Å². The minimum Gasteiger partial charge on any atom is -0.399 e. The Morgan fingerprint density at radius 1 is 1.22 bits per heavy atom. The minimum absolute atomic E-state index is 0.690. The number of nitrogens with two attached hydrogens (primary N) is 1. The van der Waals surface area contributed by atoms with E-state index in [1.54, 1.807) is 0 Å². The van der Waals surface area contributed by atoms with Crippen LogP contribution < -0.4 is 5.73 Å². The van der Waals surface area contributed by atoms with Gasteiger partial charge in [-0.05, 0) is 37.6 Å². The maximum atomic E-state index is 5.70. The van der Waals surface area contributed by atoms with Crippen molar-refractivity contribution in [3.05, 3.63) is 29.8 Å². The molecule has 1 aliphatic rings. The molecule has 3 nitrogen and oxygen atoms in total. The Balaban J connectivity index is 1.79. The minimum atomic E-state index is 0.690. The second kappa shape index (κ2) is 6.21. The van der Waals surface area contributed by atoms with Gasteiger partial charge in [0.2, 0.25) is 0 Å². The van der Waals surface area contributed by atoms with Gasteiger partial charge in [0, 0.05) is 37.9 Å². The van der Waals surface area contributed by atoms with E-state index in [0.717, 1.165) is 18.7 Å². The van der Waals surface area contributed by atoms with Crippen LogP contribution in [0.4, 0.5) is 5.69 Å². The first-order valence-corrected chi connectivity index (χ1v) is 7.00. The average molecular weight is 247 g/mol. The van der Waals surface area contributed by atoms with E-state index in [1.165, 1.54) is 31.7 Å². The lowest BCUT2D eigenvalue weighted by molar-refractivity contribution is 0.0889. The Morgan fingerprint density at radius 3 is 2.56 bits per heavy atom. The third-order valence-electron chi connectivity index (χ3n) is 3.95. The lowest BCUT2D eigenvalue weighted by Crippen LogP contribution is -2.51. The fourth-order valence-corrected chi connectivity index (χ4v) is 2.72. The maximum absolute atomic E-state index is 5.70. The Bertz CT molecular complexity index is 361. The third-order valence-corrected chi connectivity index (χ3v) is 3.95. The molecule has 1 aliphatic heterocycles. The molecule has 1 heterocycles. The molecule has 0 amide bonds. The normalized spacial score (nSPS) is 22.2. The molecule has 1 aromatic carbocycles. The molecule has 1 atom stereocenters. The molecule has 18 heavy (non-hydrogen) atoms. The summed E-state index contributed by atoms with van der Waals surface area (Å²) in [4.78, 5) is 5.13. The van der Waals surface area contributed by atoms with Crippen molar-refractivity contribution in [3.8, 4) is 0 Å². The van der Waals surface area contributed by atoms with Gasteiger partial charge in [-0.25, -0.2) is 0 Å². The van der Waals surface area contributed by atoms with Crippen LogP contribution in [0.5, 0.6) is 0 Å². The van der Waals surface area contributed by atoms with Gasteiger partial charge in [0.05, 0.1) is 0 Å². The van der Waals surface area contributed by atoms with Crippen LogP contribution in [0, 0.1) is 0 Å². The topological polar surface area (TPSA) is 32.5 Å². The first-order valence-electron chi connectivity index (χ1n) is 7.00. The molecule has 3 heteroatoms. The summed E-state index contributed by atoms with van der Waals surface area (Å²) in [6, 6.07) is 8.96. The number of piperazine rings is 1. The van der Waals surface area contributed by atoms with Crippen molar-refractivity contribution < 1.29 is 0 Å². The molecule has 1 aromatic rings. The molecule has 0 aromatic heterocycles. The Morgan fingerprint density at radius 2 is 1.94 bits per heavy atom. The number of likely N-dealkylation sites (N-methyl/N-ethyl adjacent to an activating group) is 1. The first-order chi connectivity index (χ1) is 8.69. The highest BCUT2D eigenvalue weighted by Crippen LogP contribution is 2.11. The van der Waals surface area contributed by atoms with Crippen LogP contribution in [0.25, 0.3) is 0 Å². The molecule has 100 valence electrons. The number of nitrogen functional groups attached to an aromatic ring is 1. The molecule has 2 N–H and O–H groups in total. The van der Waals surface area contributed by atoms with Crippen LogP contribution in [0.15, 0.2) is 24.3 Å². The number of benzene rings is 1. The van der Waals surface area contributed by atoms with Crippen molar-refractivity contribution in [2.75, 3.05) is 38.5 Å². The highest BCUT2D eigenvalue weighted by Gasteiger charge is 2.21. The van der Waals surface area contributed by atoms with Crippen LogP contribution in [-0.4, -0.2) is 48.6 Å². The predicted molar refractivity (Wildman–Crippen MR) is 77.7 cm³/mol. The molecular weight excluding hydrogens is 222 g/mol. The maximum Gasteiger partial charge on any atom is 0.0314 e. The summed E-state index contributed by atoms with van der Waals surface area (Å²) in [7, 11) is 0. The number of nitrogens with zero attached hydrogens (tertiary/aromatic N) is 2. The molecule has 0 radical (unpaired) electrons. The van der Waals surface area contributed by atoms with Crippen LogP contribution in [0.2, 0.25) is 0 Å². The van der Waals surface area contributed by atoms with Gasteiger partial charge >= 0.3 is 0 Å². The summed E-state index contributed by atoms with van der Waals surface area (Å²) in [6.07, 6.45) is 1.12. The SMILES string of the molecule is CCN1CCN(CCc2ccc(N)cc2)CC1C. The molecule has 0 bridgehead atoms. The van der Waals surface area contributed by atoms with E-state index in [4.69, 9.17) is 5.73 Å². The quantitative estimate of drug-likeness (QED) is 0.824. The average Bonchev–Trinajstić information content (AvgIpc) is 2.38. The summed E-state index contributed by atoms with van der Waals surface area (Å²) in [6.45, 7) is 10.5. The Labute approximate surface area is 111 Å². The lowest BCUT2D eigenvalue weighted by Gasteiger charge is -2.39. The monoisotopic (exact) mass is 247 g/mol. The zero-order valence-corrected chi connectivity index (χ0v) is 11.6. The van der Waals surface area contributed by atoms with Crippen molar-refractivity contribution in [1.82, 2.24) is 9.80 Å². The molecule has 0 spiro atoms. The molecular formula is C15H25N3. The number of rotatable bonds is 4. The van der Waals surface area contributed by atoms with Gasteiger partial charge in [0.25, 0.3) is 0 Å². The van der Waals surface area contributed by atoms with Crippen molar-refractivity contribution in [3.63, 3.8) is 0 Å². The van der Waals surface area contributed by atoms with E-state index in [0.29, 0.717) is 6.04 Å².